The molecule has 3 N–H and O–H groups in total. The highest BCUT2D eigenvalue weighted by atomic mass is 35.5. The number of carbonyl (C=O) groups is 1. The van der Waals surface area contributed by atoms with Gasteiger partial charge in [0.05, 0.1) is 6.54 Å². The van der Waals surface area contributed by atoms with Gasteiger partial charge in [0, 0.05) is 13.2 Å². The minimum absolute atomic E-state index is 0. The van der Waals surface area contributed by atoms with E-state index >= 15 is 0 Å². The van der Waals surface area contributed by atoms with Gasteiger partial charge in [-0.15, -0.1) is 12.4 Å². The molecular formula is C14H29ClN2O2. The molecule has 0 aliphatic heterocycles. The molecule has 1 amide bonds. The Morgan fingerprint density at radius 2 is 1.95 bits per heavy atom. The number of aliphatic hydroxyl groups is 1. The second kappa shape index (κ2) is 9.56. The molecule has 0 aromatic heterocycles. The molecule has 1 saturated carbocycles. The molecule has 0 atom stereocenters. The highest BCUT2D eigenvalue weighted by Gasteiger charge is 2.26. The second-order valence-corrected chi connectivity index (χ2v) is 5.53. The van der Waals surface area contributed by atoms with Crippen molar-refractivity contribution < 1.29 is 9.90 Å². The van der Waals surface area contributed by atoms with Crippen molar-refractivity contribution in [2.45, 2.75) is 46.0 Å². The Labute approximate surface area is 123 Å². The molecule has 0 bridgehead atoms. The predicted molar refractivity (Wildman–Crippen MR) is 80.6 cm³/mol. The molecule has 0 saturated heterocycles. The van der Waals surface area contributed by atoms with Gasteiger partial charge in [-0.3, -0.25) is 4.79 Å². The van der Waals surface area contributed by atoms with Gasteiger partial charge in [0.15, 0.2) is 0 Å². The zero-order chi connectivity index (χ0) is 13.4. The maximum Gasteiger partial charge on any atom is 0.233 e. The van der Waals surface area contributed by atoms with E-state index in [9.17, 15) is 4.79 Å². The van der Waals surface area contributed by atoms with E-state index in [1.165, 1.54) is 12.8 Å². The quantitative estimate of drug-likeness (QED) is 0.574. The summed E-state index contributed by atoms with van der Waals surface area (Å²) in [4.78, 5) is 11.7. The number of halogens is 1. The first-order valence-corrected chi connectivity index (χ1v) is 7.24. The number of hydrogen-bond acceptors (Lipinski definition) is 3. The smallest absolute Gasteiger partial charge is 0.233 e. The minimum Gasteiger partial charge on any atom is -0.396 e. The lowest BCUT2D eigenvalue weighted by molar-refractivity contribution is -0.120. The zero-order valence-corrected chi connectivity index (χ0v) is 13.0. The van der Waals surface area contributed by atoms with Crippen molar-refractivity contribution in [3.63, 3.8) is 0 Å². The van der Waals surface area contributed by atoms with Gasteiger partial charge in [-0.2, -0.15) is 0 Å². The van der Waals surface area contributed by atoms with E-state index in [2.05, 4.69) is 24.5 Å². The van der Waals surface area contributed by atoms with Crippen molar-refractivity contribution in [2.24, 2.45) is 11.3 Å². The molecule has 1 aliphatic rings. The van der Waals surface area contributed by atoms with Gasteiger partial charge in [0.1, 0.15) is 0 Å². The van der Waals surface area contributed by atoms with Crippen molar-refractivity contribution in [3.8, 4) is 0 Å². The summed E-state index contributed by atoms with van der Waals surface area (Å²) in [7, 11) is 0. The first kappa shape index (κ1) is 18.7. The van der Waals surface area contributed by atoms with Crippen molar-refractivity contribution in [2.75, 3.05) is 26.2 Å². The van der Waals surface area contributed by atoms with Gasteiger partial charge < -0.3 is 15.7 Å². The van der Waals surface area contributed by atoms with Crippen LogP contribution in [0.25, 0.3) is 0 Å². The fourth-order valence-electron chi connectivity index (χ4n) is 2.24. The maximum atomic E-state index is 11.7. The molecule has 1 aliphatic carbocycles. The minimum atomic E-state index is 0. The molecule has 1 fully saturated rings. The van der Waals surface area contributed by atoms with Gasteiger partial charge in [0.2, 0.25) is 5.91 Å². The predicted octanol–water partition coefficient (Wildman–Crippen LogP) is 1.71. The topological polar surface area (TPSA) is 61.4 Å². The molecule has 114 valence electrons. The van der Waals surface area contributed by atoms with E-state index in [1.54, 1.807) is 0 Å². The lowest BCUT2D eigenvalue weighted by atomic mass is 9.79. The van der Waals surface area contributed by atoms with Crippen LogP contribution in [0.15, 0.2) is 0 Å². The van der Waals surface area contributed by atoms with Crippen LogP contribution < -0.4 is 10.6 Å². The van der Waals surface area contributed by atoms with E-state index < -0.39 is 0 Å². The van der Waals surface area contributed by atoms with E-state index in [0.717, 1.165) is 31.7 Å². The highest BCUT2D eigenvalue weighted by molar-refractivity contribution is 5.85. The molecule has 5 heteroatoms. The highest BCUT2D eigenvalue weighted by Crippen LogP contribution is 2.29. The Hall–Kier alpha value is -0.320. The molecule has 1 rings (SSSR count). The fourth-order valence-corrected chi connectivity index (χ4v) is 2.24. The van der Waals surface area contributed by atoms with Crippen molar-refractivity contribution in [1.82, 2.24) is 10.6 Å². The molecule has 0 aromatic carbocycles. The average molecular weight is 293 g/mol. The van der Waals surface area contributed by atoms with Crippen LogP contribution in [0, 0.1) is 11.3 Å². The van der Waals surface area contributed by atoms with Crippen LogP contribution in [-0.2, 0) is 4.79 Å². The van der Waals surface area contributed by atoms with Crippen molar-refractivity contribution in [3.05, 3.63) is 0 Å². The van der Waals surface area contributed by atoms with E-state index in [4.69, 9.17) is 5.11 Å². The Bertz CT molecular complexity index is 254. The number of rotatable bonds is 10. The summed E-state index contributed by atoms with van der Waals surface area (Å²) in [6.45, 7) is 6.49. The van der Waals surface area contributed by atoms with Gasteiger partial charge >= 0.3 is 0 Å². The third-order valence-corrected chi connectivity index (χ3v) is 4.22. The van der Waals surface area contributed by atoms with Crippen LogP contribution in [-0.4, -0.2) is 37.3 Å². The van der Waals surface area contributed by atoms with Gasteiger partial charge in [-0.05, 0) is 50.0 Å². The van der Waals surface area contributed by atoms with Crippen LogP contribution in [0.5, 0.6) is 0 Å². The number of carbonyl (C=O) groups excluding carboxylic acids is 1. The molecule has 19 heavy (non-hydrogen) atoms. The second-order valence-electron chi connectivity index (χ2n) is 5.53. The summed E-state index contributed by atoms with van der Waals surface area (Å²) in [6, 6.07) is 0. The van der Waals surface area contributed by atoms with Crippen molar-refractivity contribution in [1.29, 1.82) is 0 Å². The lowest BCUT2D eigenvalue weighted by Gasteiger charge is -2.31. The molecule has 0 radical (unpaired) electrons. The standard InChI is InChI=1S/C14H28N2O2.ClH/c1-3-14(4-2,7-8-17)11-16-13(18)10-15-9-12-5-6-12;/h12,15,17H,3-11H2,1-2H3,(H,16,18);1H. The summed E-state index contributed by atoms with van der Waals surface area (Å²) < 4.78 is 0. The SMILES string of the molecule is CCC(CC)(CCO)CNC(=O)CNCC1CC1.Cl. The molecule has 0 unspecified atom stereocenters. The number of nitrogens with one attached hydrogen (secondary N) is 2. The van der Waals surface area contributed by atoms with Crippen LogP contribution in [0.2, 0.25) is 0 Å². The number of amides is 1. The lowest BCUT2D eigenvalue weighted by Crippen LogP contribution is -2.41. The number of aliphatic hydroxyl groups excluding tert-OH is 1. The third kappa shape index (κ3) is 7.14. The van der Waals surface area contributed by atoms with E-state index in [0.29, 0.717) is 13.1 Å². The monoisotopic (exact) mass is 292 g/mol. The summed E-state index contributed by atoms with van der Waals surface area (Å²) in [5.74, 6) is 0.873. The summed E-state index contributed by atoms with van der Waals surface area (Å²) in [5.41, 5.74) is 0.0565. The zero-order valence-electron chi connectivity index (χ0n) is 12.2. The van der Waals surface area contributed by atoms with Crippen LogP contribution in [0.3, 0.4) is 0 Å². The van der Waals surface area contributed by atoms with Crippen LogP contribution >= 0.6 is 12.4 Å². The van der Waals surface area contributed by atoms with E-state index in [-0.39, 0.29) is 30.3 Å². The Kier molecular flexibility index (Phi) is 9.40. The van der Waals surface area contributed by atoms with Gasteiger partial charge in [-0.25, -0.2) is 0 Å². The molecule has 0 aromatic rings. The normalized spacial score (nSPS) is 14.9. The van der Waals surface area contributed by atoms with Gasteiger partial charge in [0.25, 0.3) is 0 Å². The summed E-state index contributed by atoms with van der Waals surface area (Å²) in [6.07, 6.45) is 5.34. The Balaban J connectivity index is 0.00000324. The van der Waals surface area contributed by atoms with E-state index in [1.807, 2.05) is 0 Å². The molecule has 0 spiro atoms. The van der Waals surface area contributed by atoms with Gasteiger partial charge in [-0.1, -0.05) is 13.8 Å². The Morgan fingerprint density at radius 1 is 1.32 bits per heavy atom. The van der Waals surface area contributed by atoms with Crippen LogP contribution in [0.4, 0.5) is 0 Å². The maximum absolute atomic E-state index is 11.7. The molecular weight excluding hydrogens is 264 g/mol. The summed E-state index contributed by atoms with van der Waals surface area (Å²) in [5, 5.41) is 15.3. The summed E-state index contributed by atoms with van der Waals surface area (Å²) >= 11 is 0. The average Bonchev–Trinajstić information content (AvgIpc) is 3.19. The third-order valence-electron chi connectivity index (χ3n) is 4.22. The molecule has 0 heterocycles. The molecule has 4 nitrogen and oxygen atoms in total. The first-order valence-electron chi connectivity index (χ1n) is 7.24. The largest absolute Gasteiger partial charge is 0.396 e. The van der Waals surface area contributed by atoms with Crippen molar-refractivity contribution >= 4 is 18.3 Å². The number of hydrogen-bond donors (Lipinski definition) is 3. The fraction of sp³-hybridized carbons (Fsp3) is 0.929. The Morgan fingerprint density at radius 3 is 2.42 bits per heavy atom. The first-order chi connectivity index (χ1) is 8.65. The van der Waals surface area contributed by atoms with Crippen LogP contribution in [0.1, 0.15) is 46.0 Å².